The summed E-state index contributed by atoms with van der Waals surface area (Å²) in [7, 11) is 0. The molecule has 1 atom stereocenters. The second kappa shape index (κ2) is 7.07. The van der Waals surface area contributed by atoms with Crippen LogP contribution < -0.4 is 5.32 Å². The molecule has 0 bridgehead atoms. The van der Waals surface area contributed by atoms with Crippen molar-refractivity contribution in [1.82, 2.24) is 20.1 Å². The predicted molar refractivity (Wildman–Crippen MR) is 97.0 cm³/mol. The van der Waals surface area contributed by atoms with Crippen molar-refractivity contribution in [3.05, 3.63) is 71.5 Å². The molecule has 4 rings (SSSR count). The number of aryl methyl sites for hydroxylation is 1. The molecule has 2 heterocycles. The Balaban J connectivity index is 1.42. The van der Waals surface area contributed by atoms with Crippen LogP contribution in [-0.4, -0.2) is 32.5 Å². The lowest BCUT2D eigenvalue weighted by atomic mass is 9.93. The number of nitrogens with zero attached hydrogens (tertiary/aromatic N) is 3. The number of fused-ring (bicyclic) bond motifs is 1. The maximum atomic E-state index is 10.6. The van der Waals surface area contributed by atoms with Crippen molar-refractivity contribution >= 4 is 0 Å². The maximum Gasteiger partial charge on any atom is 0.219 e. The van der Waals surface area contributed by atoms with Gasteiger partial charge in [-0.2, -0.15) is 9.78 Å². The van der Waals surface area contributed by atoms with Crippen molar-refractivity contribution in [3.8, 4) is 11.7 Å². The van der Waals surface area contributed by atoms with Gasteiger partial charge in [-0.3, -0.25) is 0 Å². The number of hydrogen-bond acceptors (Lipinski definition) is 4. The molecule has 1 aliphatic carbocycles. The van der Waals surface area contributed by atoms with Crippen LogP contribution in [0.2, 0.25) is 0 Å². The fourth-order valence-electron chi connectivity index (χ4n) is 3.43. The molecule has 1 unspecified atom stereocenters. The van der Waals surface area contributed by atoms with E-state index in [4.69, 9.17) is 0 Å². The average Bonchev–Trinajstić information content (AvgIpc) is 3.00. The quantitative estimate of drug-likeness (QED) is 0.753. The van der Waals surface area contributed by atoms with Gasteiger partial charge in [0.05, 0.1) is 5.69 Å². The van der Waals surface area contributed by atoms with Crippen LogP contribution in [0.4, 0.5) is 0 Å². The SMILES string of the molecule is Oc1c2c(nn1-c1ccccn1)CCC(NCCc1ccccc1)C2. The highest BCUT2D eigenvalue weighted by atomic mass is 16.3. The number of rotatable bonds is 5. The number of nitrogens with one attached hydrogen (secondary N) is 1. The summed E-state index contributed by atoms with van der Waals surface area (Å²) in [5.41, 5.74) is 3.29. The Morgan fingerprint density at radius 1 is 1.12 bits per heavy atom. The summed E-state index contributed by atoms with van der Waals surface area (Å²) < 4.78 is 1.55. The molecular weight excluding hydrogens is 312 g/mol. The third kappa shape index (κ3) is 3.42. The van der Waals surface area contributed by atoms with E-state index in [-0.39, 0.29) is 5.88 Å². The molecule has 5 heteroatoms. The Morgan fingerprint density at radius 3 is 2.76 bits per heavy atom. The summed E-state index contributed by atoms with van der Waals surface area (Å²) >= 11 is 0. The highest BCUT2D eigenvalue weighted by Gasteiger charge is 2.26. The van der Waals surface area contributed by atoms with Crippen molar-refractivity contribution < 1.29 is 5.11 Å². The van der Waals surface area contributed by atoms with Crippen LogP contribution in [0.1, 0.15) is 23.2 Å². The minimum Gasteiger partial charge on any atom is -0.493 e. The monoisotopic (exact) mass is 334 g/mol. The second-order valence-electron chi connectivity index (χ2n) is 6.48. The van der Waals surface area contributed by atoms with Gasteiger partial charge in [0.15, 0.2) is 5.82 Å². The molecule has 0 aliphatic heterocycles. The normalized spacial score (nSPS) is 16.6. The van der Waals surface area contributed by atoms with E-state index in [1.54, 1.807) is 10.9 Å². The van der Waals surface area contributed by atoms with E-state index in [0.717, 1.165) is 43.5 Å². The number of aromatic hydroxyl groups is 1. The van der Waals surface area contributed by atoms with Gasteiger partial charge in [0, 0.05) is 17.8 Å². The van der Waals surface area contributed by atoms with Crippen molar-refractivity contribution in [1.29, 1.82) is 0 Å². The lowest BCUT2D eigenvalue weighted by Crippen LogP contribution is -2.35. The molecule has 5 nitrogen and oxygen atoms in total. The van der Waals surface area contributed by atoms with Crippen LogP contribution in [0.25, 0.3) is 5.82 Å². The van der Waals surface area contributed by atoms with Gasteiger partial charge >= 0.3 is 0 Å². The minimum atomic E-state index is 0.225. The summed E-state index contributed by atoms with van der Waals surface area (Å²) in [6, 6.07) is 16.5. The number of benzene rings is 1. The van der Waals surface area contributed by atoms with E-state index in [1.165, 1.54) is 5.56 Å². The number of hydrogen-bond donors (Lipinski definition) is 2. The molecule has 25 heavy (non-hydrogen) atoms. The van der Waals surface area contributed by atoms with E-state index >= 15 is 0 Å². The Kier molecular flexibility index (Phi) is 4.48. The highest BCUT2D eigenvalue weighted by Crippen LogP contribution is 2.30. The Labute approximate surface area is 147 Å². The van der Waals surface area contributed by atoms with Crippen LogP contribution in [0.5, 0.6) is 5.88 Å². The summed E-state index contributed by atoms with van der Waals surface area (Å²) in [4.78, 5) is 4.28. The van der Waals surface area contributed by atoms with Crippen LogP contribution in [0, 0.1) is 0 Å². The molecular formula is C20H22N4O. The summed E-state index contributed by atoms with van der Waals surface area (Å²) in [6.45, 7) is 0.944. The van der Waals surface area contributed by atoms with Gasteiger partial charge in [0.25, 0.3) is 0 Å². The molecule has 2 N–H and O–H groups in total. The molecule has 128 valence electrons. The van der Waals surface area contributed by atoms with E-state index in [2.05, 4.69) is 39.7 Å². The molecule has 0 saturated heterocycles. The van der Waals surface area contributed by atoms with E-state index in [9.17, 15) is 5.11 Å². The molecule has 2 aromatic heterocycles. The fraction of sp³-hybridized carbons (Fsp3) is 0.300. The Bertz CT molecular complexity index is 830. The number of aromatic nitrogens is 3. The minimum absolute atomic E-state index is 0.225. The van der Waals surface area contributed by atoms with Gasteiger partial charge in [-0.15, -0.1) is 0 Å². The fourth-order valence-corrected chi connectivity index (χ4v) is 3.43. The van der Waals surface area contributed by atoms with Gasteiger partial charge in [-0.05, 0) is 49.9 Å². The van der Waals surface area contributed by atoms with Gasteiger partial charge in [-0.1, -0.05) is 36.4 Å². The summed E-state index contributed by atoms with van der Waals surface area (Å²) in [6.07, 6.45) is 5.46. The maximum absolute atomic E-state index is 10.6. The first kappa shape index (κ1) is 15.8. The molecule has 0 fully saturated rings. The van der Waals surface area contributed by atoms with Crippen molar-refractivity contribution in [2.24, 2.45) is 0 Å². The van der Waals surface area contributed by atoms with Gasteiger partial charge in [-0.25, -0.2) is 4.98 Å². The standard InChI is InChI=1S/C20H22N4O/c25-20-17-14-16(21-13-11-15-6-2-1-3-7-15)9-10-18(17)23-24(20)19-8-4-5-12-22-19/h1-8,12,16,21,25H,9-11,13-14H2. The molecule has 1 aliphatic rings. The Hall–Kier alpha value is -2.66. The zero-order valence-electron chi connectivity index (χ0n) is 14.1. The lowest BCUT2D eigenvalue weighted by molar-refractivity contribution is 0.413. The van der Waals surface area contributed by atoms with Gasteiger partial charge in [0.2, 0.25) is 5.88 Å². The molecule has 1 aromatic carbocycles. The first-order valence-electron chi connectivity index (χ1n) is 8.79. The van der Waals surface area contributed by atoms with Crippen molar-refractivity contribution in [2.75, 3.05) is 6.54 Å². The van der Waals surface area contributed by atoms with Crippen LogP contribution in [0.15, 0.2) is 54.7 Å². The predicted octanol–water partition coefficient (Wildman–Crippen LogP) is 2.66. The molecule has 0 saturated carbocycles. The van der Waals surface area contributed by atoms with Crippen molar-refractivity contribution in [3.63, 3.8) is 0 Å². The van der Waals surface area contributed by atoms with E-state index < -0.39 is 0 Å². The second-order valence-corrected chi connectivity index (χ2v) is 6.48. The zero-order valence-corrected chi connectivity index (χ0v) is 14.1. The lowest BCUT2D eigenvalue weighted by Gasteiger charge is -2.22. The average molecular weight is 334 g/mol. The van der Waals surface area contributed by atoms with Crippen molar-refractivity contribution in [2.45, 2.75) is 31.7 Å². The van der Waals surface area contributed by atoms with Gasteiger partial charge in [0.1, 0.15) is 0 Å². The van der Waals surface area contributed by atoms with Crippen LogP contribution >= 0.6 is 0 Å². The first-order chi connectivity index (χ1) is 12.3. The van der Waals surface area contributed by atoms with Gasteiger partial charge < -0.3 is 10.4 Å². The summed E-state index contributed by atoms with van der Waals surface area (Å²) in [5.74, 6) is 0.881. The third-order valence-corrected chi connectivity index (χ3v) is 4.78. The van der Waals surface area contributed by atoms with Crippen LogP contribution in [-0.2, 0) is 19.3 Å². The smallest absolute Gasteiger partial charge is 0.219 e. The molecule has 0 radical (unpaired) electrons. The molecule has 0 spiro atoms. The van der Waals surface area contributed by atoms with E-state index in [0.29, 0.717) is 11.9 Å². The topological polar surface area (TPSA) is 63.0 Å². The third-order valence-electron chi connectivity index (χ3n) is 4.78. The summed E-state index contributed by atoms with van der Waals surface area (Å²) in [5, 5.41) is 18.8. The zero-order chi connectivity index (χ0) is 17.1. The Morgan fingerprint density at radius 2 is 1.96 bits per heavy atom. The van der Waals surface area contributed by atoms with E-state index in [1.807, 2.05) is 24.3 Å². The first-order valence-corrected chi connectivity index (χ1v) is 8.79. The highest BCUT2D eigenvalue weighted by molar-refractivity contribution is 5.39. The largest absolute Gasteiger partial charge is 0.493 e. The van der Waals surface area contributed by atoms with Crippen LogP contribution in [0.3, 0.4) is 0 Å². The molecule has 3 aromatic rings. The number of pyridine rings is 1. The molecule has 0 amide bonds.